The SMILES string of the molecule is CCS(=O)c1ccccc1-c1nc2cc(C)cnc2s1. The van der Waals surface area contributed by atoms with E-state index in [0.717, 1.165) is 31.4 Å². The molecule has 3 rings (SSSR count). The molecule has 1 aromatic carbocycles. The zero-order chi connectivity index (χ0) is 14.1. The Hall–Kier alpha value is -1.59. The molecule has 0 N–H and O–H groups in total. The highest BCUT2D eigenvalue weighted by Gasteiger charge is 2.14. The minimum Gasteiger partial charge on any atom is -0.254 e. The van der Waals surface area contributed by atoms with Crippen molar-refractivity contribution in [3.05, 3.63) is 42.1 Å². The number of hydrogen-bond acceptors (Lipinski definition) is 4. The Morgan fingerprint density at radius 1 is 1.30 bits per heavy atom. The first-order valence-corrected chi connectivity index (χ1v) is 8.53. The van der Waals surface area contributed by atoms with Crippen molar-refractivity contribution >= 4 is 32.5 Å². The fourth-order valence-corrected chi connectivity index (χ4v) is 3.98. The van der Waals surface area contributed by atoms with Gasteiger partial charge in [0.2, 0.25) is 0 Å². The van der Waals surface area contributed by atoms with Gasteiger partial charge in [-0.25, -0.2) is 9.97 Å². The summed E-state index contributed by atoms with van der Waals surface area (Å²) < 4.78 is 12.1. The maximum absolute atomic E-state index is 12.1. The molecule has 1 atom stereocenters. The molecule has 5 heteroatoms. The van der Waals surface area contributed by atoms with E-state index in [1.807, 2.05) is 50.4 Å². The van der Waals surface area contributed by atoms with Gasteiger partial charge in [-0.1, -0.05) is 36.5 Å². The monoisotopic (exact) mass is 302 g/mol. The molecule has 20 heavy (non-hydrogen) atoms. The second-order valence-corrected chi connectivity index (χ2v) is 7.17. The summed E-state index contributed by atoms with van der Waals surface area (Å²) in [6, 6.07) is 9.80. The Morgan fingerprint density at radius 3 is 2.90 bits per heavy atom. The van der Waals surface area contributed by atoms with Crippen molar-refractivity contribution < 1.29 is 4.21 Å². The molecule has 3 nitrogen and oxygen atoms in total. The van der Waals surface area contributed by atoms with Crippen molar-refractivity contribution in [2.75, 3.05) is 5.75 Å². The molecular weight excluding hydrogens is 288 g/mol. The lowest BCUT2D eigenvalue weighted by molar-refractivity contribution is 0.684. The minimum absolute atomic E-state index is 0.610. The molecule has 0 radical (unpaired) electrons. The lowest BCUT2D eigenvalue weighted by Gasteiger charge is -2.04. The maximum atomic E-state index is 12.1. The van der Waals surface area contributed by atoms with Gasteiger partial charge in [0.25, 0.3) is 0 Å². The van der Waals surface area contributed by atoms with Crippen LogP contribution in [0.25, 0.3) is 20.9 Å². The highest BCUT2D eigenvalue weighted by molar-refractivity contribution is 7.85. The lowest BCUT2D eigenvalue weighted by Crippen LogP contribution is -1.96. The van der Waals surface area contributed by atoms with E-state index in [1.54, 1.807) is 11.3 Å². The number of hydrogen-bond donors (Lipinski definition) is 0. The summed E-state index contributed by atoms with van der Waals surface area (Å²) in [5.74, 6) is 0.610. The quantitative estimate of drug-likeness (QED) is 0.739. The number of aromatic nitrogens is 2. The maximum Gasteiger partial charge on any atom is 0.143 e. The third-order valence-electron chi connectivity index (χ3n) is 3.01. The molecule has 0 spiro atoms. The van der Waals surface area contributed by atoms with Gasteiger partial charge in [-0.15, -0.1) is 0 Å². The molecular formula is C15H14N2OS2. The van der Waals surface area contributed by atoms with E-state index < -0.39 is 10.8 Å². The third-order valence-corrected chi connectivity index (χ3v) is 5.39. The van der Waals surface area contributed by atoms with E-state index in [-0.39, 0.29) is 0 Å². The molecule has 0 fully saturated rings. The molecule has 0 aliphatic carbocycles. The van der Waals surface area contributed by atoms with Crippen LogP contribution in [0.1, 0.15) is 12.5 Å². The molecule has 2 heterocycles. The van der Waals surface area contributed by atoms with Gasteiger partial charge in [-0.05, 0) is 24.6 Å². The summed E-state index contributed by atoms with van der Waals surface area (Å²) in [7, 11) is -0.982. The summed E-state index contributed by atoms with van der Waals surface area (Å²) in [6.07, 6.45) is 1.85. The van der Waals surface area contributed by atoms with Crippen LogP contribution in [-0.4, -0.2) is 19.9 Å². The standard InChI is InChI=1S/C15H14N2OS2/c1-3-20(18)13-7-5-4-6-11(13)14-17-12-8-10(2)9-16-15(12)19-14/h4-9H,3H2,1-2H3. The predicted octanol–water partition coefficient (Wildman–Crippen LogP) is 3.79. The molecule has 1 unspecified atom stereocenters. The van der Waals surface area contributed by atoms with Gasteiger partial charge in [0.15, 0.2) is 0 Å². The number of pyridine rings is 1. The third kappa shape index (κ3) is 2.39. The zero-order valence-electron chi connectivity index (χ0n) is 11.3. The van der Waals surface area contributed by atoms with E-state index in [0.29, 0.717) is 5.75 Å². The summed E-state index contributed by atoms with van der Waals surface area (Å²) in [5, 5.41) is 0.885. The van der Waals surface area contributed by atoms with Gasteiger partial charge in [0, 0.05) is 22.4 Å². The Labute approximate surface area is 124 Å². The normalized spacial score (nSPS) is 12.7. The fourth-order valence-electron chi connectivity index (χ4n) is 2.04. The van der Waals surface area contributed by atoms with E-state index in [9.17, 15) is 4.21 Å². The number of thiazole rings is 1. The average molecular weight is 302 g/mol. The Bertz CT molecular complexity index is 795. The van der Waals surface area contributed by atoms with E-state index in [1.165, 1.54) is 0 Å². The minimum atomic E-state index is -0.982. The van der Waals surface area contributed by atoms with Crippen LogP contribution in [0.2, 0.25) is 0 Å². The number of benzene rings is 1. The van der Waals surface area contributed by atoms with Crippen molar-refractivity contribution in [1.29, 1.82) is 0 Å². The topological polar surface area (TPSA) is 42.9 Å². The predicted molar refractivity (Wildman–Crippen MR) is 84.5 cm³/mol. The first kappa shape index (κ1) is 13.4. The first-order chi connectivity index (χ1) is 9.69. The molecule has 0 bridgehead atoms. The van der Waals surface area contributed by atoms with Crippen LogP contribution in [0, 0.1) is 6.92 Å². The van der Waals surface area contributed by atoms with Crippen LogP contribution in [0.15, 0.2) is 41.4 Å². The highest BCUT2D eigenvalue weighted by atomic mass is 32.2. The number of aryl methyl sites for hydroxylation is 1. The summed E-state index contributed by atoms with van der Waals surface area (Å²) >= 11 is 1.54. The second-order valence-electron chi connectivity index (χ2n) is 4.49. The Balaban J connectivity index is 2.18. The molecule has 3 aromatic rings. The average Bonchev–Trinajstić information content (AvgIpc) is 2.89. The largest absolute Gasteiger partial charge is 0.254 e. The van der Waals surface area contributed by atoms with Crippen molar-refractivity contribution in [3.8, 4) is 10.6 Å². The van der Waals surface area contributed by atoms with Gasteiger partial charge < -0.3 is 0 Å². The molecule has 0 amide bonds. The summed E-state index contributed by atoms with van der Waals surface area (Å²) in [6.45, 7) is 3.93. The fraction of sp³-hybridized carbons (Fsp3) is 0.200. The van der Waals surface area contributed by atoms with E-state index in [2.05, 4.69) is 9.97 Å². The van der Waals surface area contributed by atoms with Crippen LogP contribution in [-0.2, 0) is 10.8 Å². The molecule has 0 aliphatic rings. The van der Waals surface area contributed by atoms with Gasteiger partial charge >= 0.3 is 0 Å². The van der Waals surface area contributed by atoms with Crippen LogP contribution in [0.3, 0.4) is 0 Å². The van der Waals surface area contributed by atoms with Crippen LogP contribution in [0.5, 0.6) is 0 Å². The van der Waals surface area contributed by atoms with Gasteiger partial charge in [0.1, 0.15) is 15.4 Å². The lowest BCUT2D eigenvalue weighted by atomic mass is 10.2. The Morgan fingerprint density at radius 2 is 2.10 bits per heavy atom. The molecule has 2 aromatic heterocycles. The zero-order valence-corrected chi connectivity index (χ0v) is 12.9. The van der Waals surface area contributed by atoms with Crippen molar-refractivity contribution in [1.82, 2.24) is 9.97 Å². The molecule has 0 aliphatic heterocycles. The van der Waals surface area contributed by atoms with Crippen LogP contribution >= 0.6 is 11.3 Å². The van der Waals surface area contributed by atoms with Crippen LogP contribution < -0.4 is 0 Å². The molecule has 0 saturated carbocycles. The first-order valence-electron chi connectivity index (χ1n) is 6.40. The van der Waals surface area contributed by atoms with Crippen molar-refractivity contribution in [2.24, 2.45) is 0 Å². The molecule has 0 saturated heterocycles. The van der Waals surface area contributed by atoms with Crippen molar-refractivity contribution in [3.63, 3.8) is 0 Å². The Kier molecular flexibility index (Phi) is 3.63. The second kappa shape index (κ2) is 5.42. The van der Waals surface area contributed by atoms with E-state index >= 15 is 0 Å². The van der Waals surface area contributed by atoms with Gasteiger partial charge in [-0.2, -0.15) is 0 Å². The summed E-state index contributed by atoms with van der Waals surface area (Å²) in [5.41, 5.74) is 2.95. The van der Waals surface area contributed by atoms with Gasteiger partial charge in [-0.3, -0.25) is 4.21 Å². The van der Waals surface area contributed by atoms with Gasteiger partial charge in [0.05, 0.1) is 10.8 Å². The number of rotatable bonds is 3. The smallest absolute Gasteiger partial charge is 0.143 e. The molecule has 102 valence electrons. The summed E-state index contributed by atoms with van der Waals surface area (Å²) in [4.78, 5) is 10.8. The van der Waals surface area contributed by atoms with Crippen LogP contribution in [0.4, 0.5) is 0 Å². The van der Waals surface area contributed by atoms with Crippen molar-refractivity contribution in [2.45, 2.75) is 18.7 Å². The number of nitrogens with zero attached hydrogens (tertiary/aromatic N) is 2. The van der Waals surface area contributed by atoms with E-state index in [4.69, 9.17) is 0 Å². The highest BCUT2D eigenvalue weighted by Crippen LogP contribution is 2.32. The number of fused-ring (bicyclic) bond motifs is 1.